The number of hydrogen-bond acceptors (Lipinski definition) is 5. The number of ether oxygens (including phenoxy) is 2. The molecule has 0 radical (unpaired) electrons. The fourth-order valence-electron chi connectivity index (χ4n) is 5.99. The fraction of sp³-hybridized carbons (Fsp3) is 0.400. The van der Waals surface area contributed by atoms with Gasteiger partial charge < -0.3 is 9.47 Å². The maximum atomic E-state index is 13.5. The molecule has 1 atom stereocenters. The first-order valence-electron chi connectivity index (χ1n) is 10.9. The summed E-state index contributed by atoms with van der Waals surface area (Å²) in [6.07, 6.45) is 3.26. The number of para-hydroxylation sites is 1. The Hall–Kier alpha value is -2.64. The molecule has 0 aromatic heterocycles. The minimum absolute atomic E-state index is 0.0454. The van der Waals surface area contributed by atoms with Crippen molar-refractivity contribution >= 4 is 32.8 Å². The van der Waals surface area contributed by atoms with Gasteiger partial charge in [0.1, 0.15) is 5.41 Å². The molecule has 7 heteroatoms. The second-order valence-electron chi connectivity index (χ2n) is 9.05. The molecule has 2 aliphatic heterocycles. The van der Waals surface area contributed by atoms with Crippen molar-refractivity contribution in [2.75, 3.05) is 37.4 Å². The van der Waals surface area contributed by atoms with Crippen LogP contribution in [0.2, 0.25) is 0 Å². The van der Waals surface area contributed by atoms with Gasteiger partial charge in [0.2, 0.25) is 10.0 Å². The van der Waals surface area contributed by atoms with Gasteiger partial charge in [-0.05, 0) is 42.0 Å². The molecule has 0 N–H and O–H groups in total. The molecular formula is C25H27NO5S. The summed E-state index contributed by atoms with van der Waals surface area (Å²) in [4.78, 5) is 13.5. The Balaban J connectivity index is 1.89. The van der Waals surface area contributed by atoms with Crippen LogP contribution in [0.3, 0.4) is 0 Å². The number of esters is 1. The number of nitrogens with zero attached hydrogens (tertiary/aromatic N) is 1. The number of allylic oxidation sites excluding steroid dienone is 1. The van der Waals surface area contributed by atoms with Gasteiger partial charge in [0.25, 0.3) is 0 Å². The Kier molecular flexibility index (Phi) is 4.94. The lowest BCUT2D eigenvalue weighted by atomic mass is 9.69. The molecule has 1 spiro atoms. The second-order valence-corrected chi connectivity index (χ2v) is 11.0. The number of benzene rings is 2. The number of hydrogen-bond donors (Lipinski definition) is 0. The largest absolute Gasteiger partial charge is 0.468 e. The van der Waals surface area contributed by atoms with Crippen molar-refractivity contribution in [3.63, 3.8) is 0 Å². The number of rotatable bonds is 3. The van der Waals surface area contributed by atoms with E-state index in [4.69, 9.17) is 9.47 Å². The van der Waals surface area contributed by atoms with E-state index in [2.05, 4.69) is 12.1 Å². The summed E-state index contributed by atoms with van der Waals surface area (Å²) in [5.74, 6) is -0.382. The highest BCUT2D eigenvalue weighted by Crippen LogP contribution is 2.67. The maximum absolute atomic E-state index is 13.5. The van der Waals surface area contributed by atoms with Gasteiger partial charge >= 0.3 is 5.97 Å². The van der Waals surface area contributed by atoms with Gasteiger partial charge in [-0.2, -0.15) is 0 Å². The lowest BCUT2D eigenvalue weighted by Crippen LogP contribution is -2.50. The summed E-state index contributed by atoms with van der Waals surface area (Å²) in [5.41, 5.74) is 3.15. The monoisotopic (exact) mass is 453 g/mol. The summed E-state index contributed by atoms with van der Waals surface area (Å²) in [7, 11) is -2.22. The minimum Gasteiger partial charge on any atom is -0.468 e. The Bertz CT molecular complexity index is 1200. The van der Waals surface area contributed by atoms with Crippen molar-refractivity contribution in [1.82, 2.24) is 0 Å². The SMILES string of the molecule is COC(=O)C12CN(S(C)(=O)=O)c3ccccc3C1=C(c1ccccc1)C1(CCOCC1)C2. The highest BCUT2D eigenvalue weighted by molar-refractivity contribution is 7.92. The van der Waals surface area contributed by atoms with E-state index in [1.54, 1.807) is 0 Å². The zero-order chi connectivity index (χ0) is 22.6. The van der Waals surface area contributed by atoms with Crippen LogP contribution >= 0.6 is 0 Å². The van der Waals surface area contributed by atoms with Crippen LogP contribution < -0.4 is 4.31 Å². The van der Waals surface area contributed by atoms with E-state index < -0.39 is 15.4 Å². The van der Waals surface area contributed by atoms with E-state index in [0.29, 0.717) is 25.3 Å². The molecule has 0 bridgehead atoms. The quantitative estimate of drug-likeness (QED) is 0.662. The molecule has 1 aliphatic carbocycles. The molecule has 0 saturated carbocycles. The molecule has 3 aliphatic rings. The molecule has 2 heterocycles. The maximum Gasteiger partial charge on any atom is 0.318 e. The molecule has 6 nitrogen and oxygen atoms in total. The normalized spacial score (nSPS) is 24.2. The highest BCUT2D eigenvalue weighted by Gasteiger charge is 2.62. The van der Waals surface area contributed by atoms with Crippen LogP contribution in [0.4, 0.5) is 5.69 Å². The van der Waals surface area contributed by atoms with Gasteiger partial charge in [-0.1, -0.05) is 48.5 Å². The third-order valence-corrected chi connectivity index (χ3v) is 8.37. The van der Waals surface area contributed by atoms with E-state index in [1.165, 1.54) is 17.7 Å². The number of fused-ring (bicyclic) bond motifs is 3. The third kappa shape index (κ3) is 3.02. The molecular weight excluding hydrogens is 426 g/mol. The Labute approximate surface area is 188 Å². The average Bonchev–Trinajstić information content (AvgIpc) is 3.09. The van der Waals surface area contributed by atoms with Crippen molar-refractivity contribution in [3.8, 4) is 0 Å². The molecule has 168 valence electrons. The molecule has 5 rings (SSSR count). The number of carbonyl (C=O) groups excluding carboxylic acids is 1. The second kappa shape index (κ2) is 7.46. The molecule has 0 amide bonds. The number of sulfonamides is 1. The number of anilines is 1. The molecule has 2 aromatic carbocycles. The van der Waals surface area contributed by atoms with E-state index >= 15 is 0 Å². The molecule has 1 unspecified atom stereocenters. The standard InChI is InChI=1S/C25H27NO5S/c1-30-23(27)25-16-24(12-14-31-15-13-24)21(18-8-4-3-5-9-18)22(25)19-10-6-7-11-20(19)26(17-25)32(2,28)29/h3-11H,12-17H2,1-2H3. The van der Waals surface area contributed by atoms with Gasteiger partial charge in [0.15, 0.2) is 0 Å². The van der Waals surface area contributed by atoms with Crippen LogP contribution in [-0.2, 0) is 24.3 Å². The molecule has 2 aromatic rings. The van der Waals surface area contributed by atoms with Gasteiger partial charge in [-0.3, -0.25) is 9.10 Å². The first-order chi connectivity index (χ1) is 15.3. The highest BCUT2D eigenvalue weighted by atomic mass is 32.2. The van der Waals surface area contributed by atoms with Crippen molar-refractivity contribution in [2.45, 2.75) is 19.3 Å². The first-order valence-corrected chi connectivity index (χ1v) is 12.7. The van der Waals surface area contributed by atoms with E-state index in [1.807, 2.05) is 42.5 Å². The van der Waals surface area contributed by atoms with E-state index in [9.17, 15) is 13.2 Å². The van der Waals surface area contributed by atoms with E-state index in [0.717, 1.165) is 35.1 Å². The van der Waals surface area contributed by atoms with Crippen molar-refractivity contribution in [3.05, 3.63) is 65.7 Å². The Morgan fingerprint density at radius 1 is 1.00 bits per heavy atom. The van der Waals surface area contributed by atoms with Gasteiger partial charge in [-0.25, -0.2) is 8.42 Å². The van der Waals surface area contributed by atoms with Gasteiger partial charge in [-0.15, -0.1) is 0 Å². The van der Waals surface area contributed by atoms with E-state index in [-0.39, 0.29) is 17.9 Å². The van der Waals surface area contributed by atoms with Crippen molar-refractivity contribution < 1.29 is 22.7 Å². The Morgan fingerprint density at radius 2 is 1.66 bits per heavy atom. The first kappa shape index (κ1) is 21.2. The lowest BCUT2D eigenvalue weighted by molar-refractivity contribution is -0.150. The zero-order valence-corrected chi connectivity index (χ0v) is 19.2. The van der Waals surface area contributed by atoms with Crippen molar-refractivity contribution in [1.29, 1.82) is 0 Å². The molecule has 1 saturated heterocycles. The lowest BCUT2D eigenvalue weighted by Gasteiger charge is -2.42. The van der Waals surface area contributed by atoms with Crippen molar-refractivity contribution in [2.24, 2.45) is 10.8 Å². The van der Waals surface area contributed by atoms with Gasteiger partial charge in [0.05, 0.1) is 25.6 Å². The predicted molar refractivity (Wildman–Crippen MR) is 123 cm³/mol. The summed E-state index contributed by atoms with van der Waals surface area (Å²) >= 11 is 0. The minimum atomic E-state index is -3.60. The summed E-state index contributed by atoms with van der Waals surface area (Å²) in [5, 5.41) is 0. The van der Waals surface area contributed by atoms with Crippen LogP contribution in [0.1, 0.15) is 30.4 Å². The number of carbonyl (C=O) groups is 1. The summed E-state index contributed by atoms with van der Waals surface area (Å²) < 4.78 is 38.2. The third-order valence-electron chi connectivity index (χ3n) is 7.24. The predicted octanol–water partition coefficient (Wildman–Crippen LogP) is 3.74. The zero-order valence-electron chi connectivity index (χ0n) is 18.3. The van der Waals surface area contributed by atoms with Crippen LogP contribution in [0.25, 0.3) is 11.1 Å². The van der Waals surface area contributed by atoms with Crippen LogP contribution in [0, 0.1) is 10.8 Å². The average molecular weight is 454 g/mol. The smallest absolute Gasteiger partial charge is 0.318 e. The topological polar surface area (TPSA) is 72.9 Å². The Morgan fingerprint density at radius 3 is 2.31 bits per heavy atom. The number of methoxy groups -OCH3 is 1. The molecule has 32 heavy (non-hydrogen) atoms. The van der Waals surface area contributed by atoms with Crippen LogP contribution in [0.15, 0.2) is 54.6 Å². The van der Waals surface area contributed by atoms with Crippen LogP contribution in [0.5, 0.6) is 0 Å². The fourth-order valence-corrected chi connectivity index (χ4v) is 6.96. The molecule has 1 fully saturated rings. The summed E-state index contributed by atoms with van der Waals surface area (Å²) in [6, 6.07) is 17.6. The van der Waals surface area contributed by atoms with Crippen LogP contribution in [-0.4, -0.2) is 47.5 Å². The van der Waals surface area contributed by atoms with Gasteiger partial charge in [0, 0.05) is 24.2 Å². The summed E-state index contributed by atoms with van der Waals surface area (Å²) in [6.45, 7) is 1.26.